The largest absolute Gasteiger partial charge is 0.477 e. The van der Waals surface area contributed by atoms with E-state index in [0.29, 0.717) is 10.7 Å². The van der Waals surface area contributed by atoms with Gasteiger partial charge in [0.25, 0.3) is 0 Å². The van der Waals surface area contributed by atoms with Crippen LogP contribution in [-0.4, -0.2) is 21.0 Å². The monoisotopic (exact) mass is 288 g/mol. The van der Waals surface area contributed by atoms with Crippen LogP contribution < -0.4 is 0 Å². The van der Waals surface area contributed by atoms with Crippen LogP contribution in [0.15, 0.2) is 41.9 Å². The summed E-state index contributed by atoms with van der Waals surface area (Å²) in [5, 5.41) is 12.5. The number of aromatic nitrogens is 2. The smallest absolute Gasteiger partial charge is 0.348 e. The van der Waals surface area contributed by atoms with Crippen molar-refractivity contribution in [3.63, 3.8) is 0 Å². The molecule has 0 aliphatic carbocycles. The fourth-order valence-corrected chi connectivity index (χ4v) is 3.28. The number of hydrogen-bond donors (Lipinski definition) is 1. The molecule has 0 aliphatic heterocycles. The molecule has 0 bridgehead atoms. The standard InChI is InChI=1S/C13H8N2O2S2/c16-13(17)10-9(8-4-2-1-3-5-8)15-12(19-10)11-14-6-7-18-11/h1-7H,(H,16,17). The number of nitrogens with zero attached hydrogens (tertiary/aromatic N) is 2. The topological polar surface area (TPSA) is 63.1 Å². The van der Waals surface area contributed by atoms with Crippen molar-refractivity contribution in [2.75, 3.05) is 0 Å². The second-order valence-corrected chi connectivity index (χ2v) is 5.60. The fraction of sp³-hybridized carbons (Fsp3) is 0. The van der Waals surface area contributed by atoms with E-state index in [1.807, 2.05) is 35.7 Å². The Labute approximate surface area is 117 Å². The van der Waals surface area contributed by atoms with Crippen molar-refractivity contribution in [3.8, 4) is 21.3 Å². The molecular weight excluding hydrogens is 280 g/mol. The van der Waals surface area contributed by atoms with Gasteiger partial charge in [0, 0.05) is 17.1 Å². The molecule has 3 rings (SSSR count). The Morgan fingerprint density at radius 3 is 2.58 bits per heavy atom. The third kappa shape index (κ3) is 2.27. The summed E-state index contributed by atoms with van der Waals surface area (Å²) in [4.78, 5) is 20.2. The molecule has 0 atom stereocenters. The lowest BCUT2D eigenvalue weighted by molar-refractivity contribution is 0.0702. The fourth-order valence-electron chi connectivity index (χ4n) is 1.68. The molecule has 0 radical (unpaired) electrons. The lowest BCUT2D eigenvalue weighted by atomic mass is 10.1. The maximum Gasteiger partial charge on any atom is 0.348 e. The first-order chi connectivity index (χ1) is 9.25. The number of rotatable bonds is 3. The van der Waals surface area contributed by atoms with Crippen molar-refractivity contribution in [3.05, 3.63) is 46.8 Å². The molecule has 2 heterocycles. The molecule has 6 heteroatoms. The van der Waals surface area contributed by atoms with Crippen LogP contribution in [0.3, 0.4) is 0 Å². The van der Waals surface area contributed by atoms with Gasteiger partial charge in [-0.05, 0) is 0 Å². The molecule has 0 saturated carbocycles. The third-order valence-corrected chi connectivity index (χ3v) is 4.44. The summed E-state index contributed by atoms with van der Waals surface area (Å²) in [6, 6.07) is 9.32. The molecule has 0 fully saturated rings. The molecule has 0 amide bonds. The Balaban J connectivity index is 2.16. The Morgan fingerprint density at radius 1 is 1.16 bits per heavy atom. The average molecular weight is 288 g/mol. The Morgan fingerprint density at radius 2 is 1.95 bits per heavy atom. The van der Waals surface area contributed by atoms with E-state index in [9.17, 15) is 9.90 Å². The molecule has 0 spiro atoms. The molecule has 3 aromatic rings. The Kier molecular flexibility index (Phi) is 3.10. The van der Waals surface area contributed by atoms with Crippen molar-refractivity contribution < 1.29 is 9.90 Å². The van der Waals surface area contributed by atoms with Gasteiger partial charge in [0.2, 0.25) is 0 Å². The quantitative estimate of drug-likeness (QED) is 0.799. The summed E-state index contributed by atoms with van der Waals surface area (Å²) >= 11 is 2.61. The molecule has 0 unspecified atom stereocenters. The second kappa shape index (κ2) is 4.91. The molecular formula is C13H8N2O2S2. The van der Waals surface area contributed by atoms with E-state index >= 15 is 0 Å². The van der Waals surface area contributed by atoms with Gasteiger partial charge in [-0.3, -0.25) is 0 Å². The summed E-state index contributed by atoms with van der Waals surface area (Å²) < 4.78 is 0. The van der Waals surface area contributed by atoms with Crippen molar-refractivity contribution >= 4 is 28.6 Å². The third-order valence-electron chi connectivity index (χ3n) is 2.48. The highest BCUT2D eigenvalue weighted by atomic mass is 32.1. The highest BCUT2D eigenvalue weighted by Crippen LogP contribution is 2.34. The molecule has 2 aromatic heterocycles. The van der Waals surface area contributed by atoms with Gasteiger partial charge in [0.1, 0.15) is 4.88 Å². The van der Waals surface area contributed by atoms with Crippen LogP contribution in [-0.2, 0) is 0 Å². The van der Waals surface area contributed by atoms with Crippen molar-refractivity contribution in [2.24, 2.45) is 0 Å². The Hall–Kier alpha value is -2.05. The highest BCUT2D eigenvalue weighted by Gasteiger charge is 2.20. The molecule has 0 saturated heterocycles. The SMILES string of the molecule is O=C(O)c1sc(-c2nccs2)nc1-c1ccccc1. The number of benzene rings is 1. The van der Waals surface area contributed by atoms with E-state index in [0.717, 1.165) is 21.9 Å². The van der Waals surface area contributed by atoms with Gasteiger partial charge >= 0.3 is 5.97 Å². The van der Waals surface area contributed by atoms with Gasteiger partial charge in [-0.2, -0.15) is 0 Å². The first-order valence-corrected chi connectivity index (χ1v) is 7.14. The number of carboxylic acids is 1. The van der Waals surface area contributed by atoms with Crippen LogP contribution >= 0.6 is 22.7 Å². The van der Waals surface area contributed by atoms with E-state index in [1.54, 1.807) is 6.20 Å². The second-order valence-electron chi connectivity index (χ2n) is 3.71. The minimum atomic E-state index is -0.959. The summed E-state index contributed by atoms with van der Waals surface area (Å²) in [5.74, 6) is -0.959. The maximum atomic E-state index is 11.3. The lowest BCUT2D eigenvalue weighted by Crippen LogP contribution is -1.95. The van der Waals surface area contributed by atoms with Crippen LogP contribution in [0.5, 0.6) is 0 Å². The number of aromatic carboxylic acids is 1. The zero-order chi connectivity index (χ0) is 13.2. The van der Waals surface area contributed by atoms with Crippen molar-refractivity contribution in [2.45, 2.75) is 0 Å². The molecule has 1 N–H and O–H groups in total. The lowest BCUT2D eigenvalue weighted by Gasteiger charge is -1.97. The normalized spacial score (nSPS) is 10.5. The van der Waals surface area contributed by atoms with Crippen molar-refractivity contribution in [1.82, 2.24) is 9.97 Å². The highest BCUT2D eigenvalue weighted by molar-refractivity contribution is 7.22. The average Bonchev–Trinajstić information content (AvgIpc) is 3.08. The van der Waals surface area contributed by atoms with E-state index in [4.69, 9.17) is 0 Å². The first kappa shape index (κ1) is 12.0. The summed E-state index contributed by atoms with van der Waals surface area (Å²) in [6.07, 6.45) is 1.68. The minimum absolute atomic E-state index is 0.247. The van der Waals surface area contributed by atoms with Crippen molar-refractivity contribution in [1.29, 1.82) is 0 Å². The van der Waals surface area contributed by atoms with Crippen LogP contribution in [0.2, 0.25) is 0 Å². The van der Waals surface area contributed by atoms with E-state index < -0.39 is 5.97 Å². The first-order valence-electron chi connectivity index (χ1n) is 5.45. The van der Waals surface area contributed by atoms with E-state index in [1.165, 1.54) is 11.3 Å². The number of carboxylic acid groups (broad SMARTS) is 1. The van der Waals surface area contributed by atoms with Gasteiger partial charge in [0.05, 0.1) is 5.69 Å². The number of carbonyl (C=O) groups is 1. The van der Waals surface area contributed by atoms with Gasteiger partial charge in [-0.25, -0.2) is 14.8 Å². The zero-order valence-electron chi connectivity index (χ0n) is 9.61. The maximum absolute atomic E-state index is 11.3. The number of thiazole rings is 2. The number of hydrogen-bond acceptors (Lipinski definition) is 5. The molecule has 4 nitrogen and oxygen atoms in total. The Bertz CT molecular complexity index is 706. The van der Waals surface area contributed by atoms with Crippen LogP contribution in [0.25, 0.3) is 21.3 Å². The minimum Gasteiger partial charge on any atom is -0.477 e. The van der Waals surface area contributed by atoms with Crippen LogP contribution in [0.4, 0.5) is 0 Å². The summed E-state index contributed by atoms with van der Waals surface area (Å²) in [7, 11) is 0. The molecule has 0 aliphatic rings. The van der Waals surface area contributed by atoms with E-state index in [2.05, 4.69) is 9.97 Å². The van der Waals surface area contributed by atoms with Gasteiger partial charge in [-0.15, -0.1) is 22.7 Å². The summed E-state index contributed by atoms with van der Waals surface area (Å²) in [5.41, 5.74) is 1.31. The van der Waals surface area contributed by atoms with Crippen LogP contribution in [0.1, 0.15) is 9.67 Å². The summed E-state index contributed by atoms with van der Waals surface area (Å²) in [6.45, 7) is 0. The molecule has 1 aromatic carbocycles. The zero-order valence-corrected chi connectivity index (χ0v) is 11.2. The van der Waals surface area contributed by atoms with Crippen LogP contribution in [0, 0.1) is 0 Å². The predicted octanol–water partition coefficient (Wildman–Crippen LogP) is 3.63. The van der Waals surface area contributed by atoms with Gasteiger partial charge in [-0.1, -0.05) is 30.3 Å². The van der Waals surface area contributed by atoms with Gasteiger partial charge in [0.15, 0.2) is 10.0 Å². The van der Waals surface area contributed by atoms with E-state index in [-0.39, 0.29) is 4.88 Å². The molecule has 94 valence electrons. The molecule has 19 heavy (non-hydrogen) atoms. The predicted molar refractivity (Wildman–Crippen MR) is 75.6 cm³/mol. The van der Waals surface area contributed by atoms with Gasteiger partial charge < -0.3 is 5.11 Å².